The summed E-state index contributed by atoms with van der Waals surface area (Å²) in [7, 11) is 0. The molecule has 2 heterocycles. The Balaban J connectivity index is 1.80. The van der Waals surface area contributed by atoms with Gasteiger partial charge in [-0.1, -0.05) is 30.3 Å². The quantitative estimate of drug-likeness (QED) is 0.462. The minimum absolute atomic E-state index is 0.282. The topological polar surface area (TPSA) is 33.1 Å². The van der Waals surface area contributed by atoms with Crippen LogP contribution in [0.25, 0.3) is 32.6 Å². The number of nitrogens with zero attached hydrogens (tertiary/aromatic N) is 1. The summed E-state index contributed by atoms with van der Waals surface area (Å²) in [6.07, 6.45) is 4.90. The highest BCUT2D eigenvalue weighted by atomic mass is 32.1. The molecule has 0 bridgehead atoms. The van der Waals surface area contributed by atoms with E-state index in [0.717, 1.165) is 22.5 Å². The molecule has 1 aliphatic rings. The van der Waals surface area contributed by atoms with Gasteiger partial charge in [-0.3, -0.25) is 0 Å². The summed E-state index contributed by atoms with van der Waals surface area (Å²) in [6.45, 7) is 0. The lowest BCUT2D eigenvalue weighted by molar-refractivity contribution is 0.475. The van der Waals surface area contributed by atoms with Gasteiger partial charge in [0.2, 0.25) is 0 Å². The monoisotopic (exact) mass is 357 g/mol. The van der Waals surface area contributed by atoms with Crippen LogP contribution < -0.4 is 0 Å². The molecule has 0 saturated carbocycles. The zero-order chi connectivity index (χ0) is 17.5. The van der Waals surface area contributed by atoms with Crippen LogP contribution in [0.15, 0.2) is 60.7 Å². The van der Waals surface area contributed by atoms with Crippen LogP contribution >= 0.6 is 11.3 Å². The van der Waals surface area contributed by atoms with Crippen LogP contribution in [0, 0.1) is 0 Å². The van der Waals surface area contributed by atoms with Gasteiger partial charge in [0.1, 0.15) is 10.6 Å². The maximum Gasteiger partial charge on any atom is 0.125 e. The maximum atomic E-state index is 9.60. The number of phenols is 1. The number of phenolic OH excluding ortho intramolecular Hbond substituents is 1. The van der Waals surface area contributed by atoms with Gasteiger partial charge in [-0.15, -0.1) is 11.3 Å². The van der Waals surface area contributed by atoms with E-state index < -0.39 is 0 Å². The third kappa shape index (κ3) is 2.60. The summed E-state index contributed by atoms with van der Waals surface area (Å²) in [4.78, 5) is 7.66. The van der Waals surface area contributed by atoms with Gasteiger partial charge in [0.05, 0.1) is 5.69 Å². The molecule has 0 saturated heterocycles. The highest BCUT2D eigenvalue weighted by Gasteiger charge is 2.21. The van der Waals surface area contributed by atoms with Crippen molar-refractivity contribution in [2.45, 2.75) is 25.7 Å². The van der Waals surface area contributed by atoms with Gasteiger partial charge in [0.25, 0.3) is 0 Å². The average molecular weight is 357 g/mol. The van der Waals surface area contributed by atoms with Crippen LogP contribution in [-0.4, -0.2) is 10.1 Å². The summed E-state index contributed by atoms with van der Waals surface area (Å²) < 4.78 is 0. The van der Waals surface area contributed by atoms with Crippen molar-refractivity contribution < 1.29 is 5.11 Å². The van der Waals surface area contributed by atoms with Crippen molar-refractivity contribution in [3.8, 4) is 28.1 Å². The number of thiophene rings is 1. The van der Waals surface area contributed by atoms with Crippen molar-refractivity contribution in [1.82, 2.24) is 4.98 Å². The van der Waals surface area contributed by atoms with Gasteiger partial charge in [0.15, 0.2) is 0 Å². The Morgan fingerprint density at radius 3 is 2.42 bits per heavy atom. The van der Waals surface area contributed by atoms with Crippen LogP contribution in [0.4, 0.5) is 0 Å². The Labute approximate surface area is 156 Å². The smallest absolute Gasteiger partial charge is 0.125 e. The van der Waals surface area contributed by atoms with Gasteiger partial charge in [-0.05, 0) is 72.7 Å². The first kappa shape index (κ1) is 15.6. The summed E-state index contributed by atoms with van der Waals surface area (Å²) in [5.74, 6) is 0.282. The number of hydrogen-bond acceptors (Lipinski definition) is 3. The second-order valence-corrected chi connectivity index (χ2v) is 7.94. The molecular formula is C23H19NOS. The van der Waals surface area contributed by atoms with Crippen LogP contribution in [0.2, 0.25) is 0 Å². The molecule has 5 rings (SSSR count). The van der Waals surface area contributed by atoms with Crippen LogP contribution in [0.1, 0.15) is 23.3 Å². The molecular weight excluding hydrogens is 338 g/mol. The Morgan fingerprint density at radius 2 is 1.62 bits per heavy atom. The largest absolute Gasteiger partial charge is 0.508 e. The molecule has 128 valence electrons. The van der Waals surface area contributed by atoms with E-state index in [0.29, 0.717) is 0 Å². The lowest BCUT2D eigenvalue weighted by Gasteiger charge is -2.13. The standard InChI is InChI=1S/C23H19NOS/c25-17-12-10-16(11-13-17)20-14-19(15-6-2-1-3-7-15)22-18-8-4-5-9-21(18)26-23(22)24-20/h1-3,6-7,10-14,25H,4-5,8-9H2. The minimum atomic E-state index is 0.282. The fourth-order valence-electron chi connectivity index (χ4n) is 3.88. The van der Waals surface area contributed by atoms with E-state index in [2.05, 4.69) is 36.4 Å². The number of rotatable bonds is 2. The first-order valence-corrected chi connectivity index (χ1v) is 9.91. The number of fused-ring (bicyclic) bond motifs is 3. The highest BCUT2D eigenvalue weighted by Crippen LogP contribution is 2.42. The third-order valence-electron chi connectivity index (χ3n) is 5.17. The fraction of sp³-hybridized carbons (Fsp3) is 0.174. The molecule has 3 heteroatoms. The molecule has 0 radical (unpaired) electrons. The Hall–Kier alpha value is -2.65. The second kappa shape index (κ2) is 6.26. The van der Waals surface area contributed by atoms with Gasteiger partial charge >= 0.3 is 0 Å². The van der Waals surface area contributed by atoms with Crippen molar-refractivity contribution in [2.24, 2.45) is 0 Å². The van der Waals surface area contributed by atoms with Crippen molar-refractivity contribution in [2.75, 3.05) is 0 Å². The molecule has 0 unspecified atom stereocenters. The van der Waals surface area contributed by atoms with E-state index in [1.54, 1.807) is 12.1 Å². The third-order valence-corrected chi connectivity index (χ3v) is 6.36. The molecule has 0 atom stereocenters. The molecule has 2 nitrogen and oxygen atoms in total. The van der Waals surface area contributed by atoms with Gasteiger partial charge in [0, 0.05) is 15.8 Å². The lowest BCUT2D eigenvalue weighted by Crippen LogP contribution is -1.98. The molecule has 0 aliphatic heterocycles. The van der Waals surface area contributed by atoms with Crippen molar-refractivity contribution in [3.05, 3.63) is 71.1 Å². The van der Waals surface area contributed by atoms with E-state index in [-0.39, 0.29) is 5.75 Å². The molecule has 4 aromatic rings. The number of benzene rings is 2. The Morgan fingerprint density at radius 1 is 0.846 bits per heavy atom. The predicted molar refractivity (Wildman–Crippen MR) is 109 cm³/mol. The molecule has 0 amide bonds. The van der Waals surface area contributed by atoms with Crippen LogP contribution in [-0.2, 0) is 12.8 Å². The second-order valence-electron chi connectivity index (χ2n) is 6.86. The zero-order valence-corrected chi connectivity index (χ0v) is 15.2. The summed E-state index contributed by atoms with van der Waals surface area (Å²) >= 11 is 1.86. The SMILES string of the molecule is Oc1ccc(-c2cc(-c3ccccc3)c3c4c(sc3n2)CCCC4)cc1. The van der Waals surface area contributed by atoms with E-state index in [1.165, 1.54) is 46.2 Å². The first-order valence-electron chi connectivity index (χ1n) is 9.10. The summed E-state index contributed by atoms with van der Waals surface area (Å²) in [6, 6.07) is 20.2. The van der Waals surface area contributed by atoms with E-state index in [1.807, 2.05) is 23.5 Å². The number of aryl methyl sites for hydroxylation is 2. The van der Waals surface area contributed by atoms with Crippen LogP contribution in [0.3, 0.4) is 0 Å². The molecule has 2 aromatic carbocycles. The lowest BCUT2D eigenvalue weighted by atomic mass is 9.92. The van der Waals surface area contributed by atoms with Crippen LogP contribution in [0.5, 0.6) is 5.75 Å². The summed E-state index contributed by atoms with van der Waals surface area (Å²) in [5, 5.41) is 10.9. The molecule has 2 aromatic heterocycles. The van der Waals surface area contributed by atoms with E-state index >= 15 is 0 Å². The number of pyridine rings is 1. The number of hydrogen-bond donors (Lipinski definition) is 1. The fourth-order valence-corrected chi connectivity index (χ4v) is 5.17. The molecule has 1 aliphatic carbocycles. The van der Waals surface area contributed by atoms with Crippen molar-refractivity contribution in [3.63, 3.8) is 0 Å². The molecule has 0 spiro atoms. The minimum Gasteiger partial charge on any atom is -0.508 e. The highest BCUT2D eigenvalue weighted by molar-refractivity contribution is 7.19. The Kier molecular flexibility index (Phi) is 3.75. The first-order chi connectivity index (χ1) is 12.8. The predicted octanol–water partition coefficient (Wildman–Crippen LogP) is 6.21. The van der Waals surface area contributed by atoms with Crippen molar-refractivity contribution in [1.29, 1.82) is 0 Å². The number of aromatic hydroxyl groups is 1. The van der Waals surface area contributed by atoms with E-state index in [4.69, 9.17) is 4.98 Å². The van der Waals surface area contributed by atoms with Gasteiger partial charge in [-0.2, -0.15) is 0 Å². The average Bonchev–Trinajstić information content (AvgIpc) is 3.07. The Bertz CT molecular complexity index is 1080. The maximum absolute atomic E-state index is 9.60. The summed E-state index contributed by atoms with van der Waals surface area (Å²) in [5.41, 5.74) is 6.03. The van der Waals surface area contributed by atoms with Crippen molar-refractivity contribution >= 4 is 21.6 Å². The number of aromatic nitrogens is 1. The normalized spacial score (nSPS) is 13.7. The van der Waals surface area contributed by atoms with Gasteiger partial charge < -0.3 is 5.11 Å². The molecule has 0 fully saturated rings. The van der Waals surface area contributed by atoms with Gasteiger partial charge in [-0.25, -0.2) is 4.98 Å². The zero-order valence-electron chi connectivity index (χ0n) is 14.4. The molecule has 26 heavy (non-hydrogen) atoms. The molecule has 1 N–H and O–H groups in total. The van der Waals surface area contributed by atoms with E-state index in [9.17, 15) is 5.11 Å².